The molecule has 3 N–H and O–H groups in total. The summed E-state index contributed by atoms with van der Waals surface area (Å²) in [6.07, 6.45) is -0.548. The van der Waals surface area contributed by atoms with Gasteiger partial charge in [0.15, 0.2) is 0 Å². The van der Waals surface area contributed by atoms with Gasteiger partial charge in [-0.1, -0.05) is 39.0 Å². The van der Waals surface area contributed by atoms with Crippen LogP contribution >= 0.6 is 0 Å². The second-order valence-corrected chi connectivity index (χ2v) is 5.48. The second kappa shape index (κ2) is 5.87. The Morgan fingerprint density at radius 1 is 1.33 bits per heavy atom. The molecule has 1 aromatic rings. The molecule has 0 saturated carbocycles. The summed E-state index contributed by atoms with van der Waals surface area (Å²) in [5, 5.41) is 14.5. The molecule has 2 amide bonds. The van der Waals surface area contributed by atoms with Gasteiger partial charge in [-0.3, -0.25) is 0 Å². The molecule has 0 bridgehead atoms. The SMILES string of the molecule is C[C@@H](O)CNC(=O)Nc1ccccc1C(C)(C)C. The van der Waals surface area contributed by atoms with Gasteiger partial charge in [0.2, 0.25) is 0 Å². The fourth-order valence-electron chi connectivity index (χ4n) is 1.65. The van der Waals surface area contributed by atoms with Gasteiger partial charge < -0.3 is 15.7 Å². The summed E-state index contributed by atoms with van der Waals surface area (Å²) in [6.45, 7) is 8.16. The number of aliphatic hydroxyl groups excluding tert-OH is 1. The molecule has 0 unspecified atom stereocenters. The Kier molecular flexibility index (Phi) is 4.73. The summed E-state index contributed by atoms with van der Waals surface area (Å²) in [4.78, 5) is 11.7. The molecule has 100 valence electrons. The molecule has 0 aliphatic carbocycles. The molecular formula is C14H22N2O2. The predicted octanol–water partition coefficient (Wildman–Crippen LogP) is 2.49. The molecule has 1 aromatic carbocycles. The quantitative estimate of drug-likeness (QED) is 0.771. The molecule has 0 radical (unpaired) electrons. The van der Waals surface area contributed by atoms with Crippen molar-refractivity contribution in [1.29, 1.82) is 0 Å². The van der Waals surface area contributed by atoms with Crippen molar-refractivity contribution in [3.63, 3.8) is 0 Å². The summed E-state index contributed by atoms with van der Waals surface area (Å²) in [6, 6.07) is 7.43. The lowest BCUT2D eigenvalue weighted by atomic mass is 9.86. The lowest BCUT2D eigenvalue weighted by Crippen LogP contribution is -2.34. The maximum atomic E-state index is 11.7. The van der Waals surface area contributed by atoms with Crippen molar-refractivity contribution in [3.8, 4) is 0 Å². The highest BCUT2D eigenvalue weighted by Gasteiger charge is 2.18. The number of para-hydroxylation sites is 1. The number of anilines is 1. The van der Waals surface area contributed by atoms with Gasteiger partial charge in [-0.2, -0.15) is 0 Å². The number of benzene rings is 1. The van der Waals surface area contributed by atoms with Crippen LogP contribution in [0.4, 0.5) is 10.5 Å². The zero-order valence-electron chi connectivity index (χ0n) is 11.4. The van der Waals surface area contributed by atoms with Crippen LogP contribution in [-0.4, -0.2) is 23.8 Å². The Morgan fingerprint density at radius 3 is 2.50 bits per heavy atom. The van der Waals surface area contributed by atoms with E-state index in [1.165, 1.54) is 0 Å². The van der Waals surface area contributed by atoms with E-state index < -0.39 is 6.10 Å². The van der Waals surface area contributed by atoms with Gasteiger partial charge in [-0.25, -0.2) is 4.79 Å². The summed E-state index contributed by atoms with van der Waals surface area (Å²) in [5.74, 6) is 0. The number of hydrogen-bond donors (Lipinski definition) is 3. The molecule has 4 heteroatoms. The Hall–Kier alpha value is -1.55. The van der Waals surface area contributed by atoms with Crippen LogP contribution in [0, 0.1) is 0 Å². The Morgan fingerprint density at radius 2 is 1.94 bits per heavy atom. The van der Waals surface area contributed by atoms with E-state index in [1.807, 2.05) is 24.3 Å². The number of nitrogens with one attached hydrogen (secondary N) is 2. The van der Waals surface area contributed by atoms with E-state index in [4.69, 9.17) is 5.11 Å². The molecule has 4 nitrogen and oxygen atoms in total. The first kappa shape index (κ1) is 14.5. The Balaban J connectivity index is 2.76. The maximum absolute atomic E-state index is 11.7. The van der Waals surface area contributed by atoms with Crippen LogP contribution in [0.2, 0.25) is 0 Å². The number of rotatable bonds is 3. The predicted molar refractivity (Wildman–Crippen MR) is 73.8 cm³/mol. The molecule has 18 heavy (non-hydrogen) atoms. The monoisotopic (exact) mass is 250 g/mol. The first-order chi connectivity index (χ1) is 8.30. The van der Waals surface area contributed by atoms with Crippen LogP contribution in [0.25, 0.3) is 0 Å². The first-order valence-electron chi connectivity index (χ1n) is 6.13. The minimum Gasteiger partial charge on any atom is -0.392 e. The molecule has 0 spiro atoms. The standard InChI is InChI=1S/C14H22N2O2/c1-10(17)9-15-13(18)16-12-8-6-5-7-11(12)14(2,3)4/h5-8,10,17H,9H2,1-4H3,(H2,15,16,18)/t10-/m1/s1. The minimum absolute atomic E-state index is 0.0336. The number of carbonyl (C=O) groups excluding carboxylic acids is 1. The van der Waals surface area contributed by atoms with Crippen molar-refractivity contribution in [1.82, 2.24) is 5.32 Å². The van der Waals surface area contributed by atoms with E-state index in [0.29, 0.717) is 0 Å². The van der Waals surface area contributed by atoms with Crippen molar-refractivity contribution in [2.45, 2.75) is 39.2 Å². The van der Waals surface area contributed by atoms with Crippen molar-refractivity contribution in [2.75, 3.05) is 11.9 Å². The van der Waals surface area contributed by atoms with E-state index in [9.17, 15) is 4.79 Å². The summed E-state index contributed by atoms with van der Waals surface area (Å²) >= 11 is 0. The number of carbonyl (C=O) groups is 1. The van der Waals surface area contributed by atoms with Crippen LogP contribution in [0.15, 0.2) is 24.3 Å². The normalized spacial score (nSPS) is 12.9. The van der Waals surface area contributed by atoms with Gasteiger partial charge in [0.25, 0.3) is 0 Å². The molecule has 0 aromatic heterocycles. The van der Waals surface area contributed by atoms with Gasteiger partial charge in [0, 0.05) is 12.2 Å². The van der Waals surface area contributed by atoms with Gasteiger partial charge in [0.05, 0.1) is 6.10 Å². The Bertz CT molecular complexity index is 409. The minimum atomic E-state index is -0.548. The van der Waals surface area contributed by atoms with E-state index in [2.05, 4.69) is 31.4 Å². The zero-order valence-corrected chi connectivity index (χ0v) is 11.4. The number of urea groups is 1. The molecule has 0 saturated heterocycles. The van der Waals surface area contributed by atoms with Crippen LogP contribution in [0.5, 0.6) is 0 Å². The lowest BCUT2D eigenvalue weighted by Gasteiger charge is -2.23. The fourth-order valence-corrected chi connectivity index (χ4v) is 1.65. The van der Waals surface area contributed by atoms with Gasteiger partial charge >= 0.3 is 6.03 Å². The van der Waals surface area contributed by atoms with Crippen LogP contribution in [0.1, 0.15) is 33.3 Å². The highest BCUT2D eigenvalue weighted by atomic mass is 16.3. The summed E-state index contributed by atoms with van der Waals surface area (Å²) < 4.78 is 0. The van der Waals surface area contributed by atoms with E-state index in [-0.39, 0.29) is 18.0 Å². The number of hydrogen-bond acceptors (Lipinski definition) is 2. The topological polar surface area (TPSA) is 61.4 Å². The number of aliphatic hydroxyl groups is 1. The molecule has 1 atom stereocenters. The highest BCUT2D eigenvalue weighted by molar-refractivity contribution is 5.90. The van der Waals surface area contributed by atoms with E-state index in [0.717, 1.165) is 11.3 Å². The fraction of sp³-hybridized carbons (Fsp3) is 0.500. The van der Waals surface area contributed by atoms with E-state index >= 15 is 0 Å². The van der Waals surface area contributed by atoms with Crippen molar-refractivity contribution < 1.29 is 9.90 Å². The van der Waals surface area contributed by atoms with Gasteiger partial charge in [-0.15, -0.1) is 0 Å². The second-order valence-electron chi connectivity index (χ2n) is 5.48. The van der Waals surface area contributed by atoms with Gasteiger partial charge in [0.1, 0.15) is 0 Å². The summed E-state index contributed by atoms with van der Waals surface area (Å²) in [5.41, 5.74) is 1.85. The lowest BCUT2D eigenvalue weighted by molar-refractivity contribution is 0.190. The molecular weight excluding hydrogens is 228 g/mol. The summed E-state index contributed by atoms with van der Waals surface area (Å²) in [7, 11) is 0. The van der Waals surface area contributed by atoms with Crippen LogP contribution in [0.3, 0.4) is 0 Å². The van der Waals surface area contributed by atoms with Crippen LogP contribution < -0.4 is 10.6 Å². The highest BCUT2D eigenvalue weighted by Crippen LogP contribution is 2.28. The van der Waals surface area contributed by atoms with Crippen molar-refractivity contribution in [2.24, 2.45) is 0 Å². The third-order valence-corrected chi connectivity index (χ3v) is 2.54. The molecule has 1 rings (SSSR count). The third-order valence-electron chi connectivity index (χ3n) is 2.54. The zero-order chi connectivity index (χ0) is 13.8. The average Bonchev–Trinajstić information content (AvgIpc) is 2.25. The third kappa shape index (κ3) is 4.37. The van der Waals surface area contributed by atoms with Gasteiger partial charge in [-0.05, 0) is 24.0 Å². The molecule has 0 aliphatic rings. The molecule has 0 aliphatic heterocycles. The first-order valence-corrected chi connectivity index (χ1v) is 6.13. The van der Waals surface area contributed by atoms with Crippen molar-refractivity contribution >= 4 is 11.7 Å². The average molecular weight is 250 g/mol. The van der Waals surface area contributed by atoms with E-state index in [1.54, 1.807) is 6.92 Å². The smallest absolute Gasteiger partial charge is 0.319 e. The van der Waals surface area contributed by atoms with Crippen molar-refractivity contribution in [3.05, 3.63) is 29.8 Å². The maximum Gasteiger partial charge on any atom is 0.319 e. The molecule has 0 fully saturated rings. The largest absolute Gasteiger partial charge is 0.392 e. The number of amides is 2. The Labute approximate surface area is 108 Å². The van der Waals surface area contributed by atoms with Crippen LogP contribution in [-0.2, 0) is 5.41 Å². The molecule has 0 heterocycles.